The number of rotatable bonds is 4. The Kier molecular flexibility index (Phi) is 6.20. The van der Waals surface area contributed by atoms with Crippen molar-refractivity contribution in [1.82, 2.24) is 14.5 Å². The smallest absolute Gasteiger partial charge is 0.253 e. The average Bonchev–Trinajstić information content (AvgIpc) is 2.67. The molecule has 0 aromatic heterocycles. The molecule has 2 unspecified atom stereocenters. The quantitative estimate of drug-likeness (QED) is 0.832. The second-order valence-electron chi connectivity index (χ2n) is 7.50. The predicted molar refractivity (Wildman–Crippen MR) is 103 cm³/mol. The van der Waals surface area contributed by atoms with Crippen molar-refractivity contribution in [2.24, 2.45) is 0 Å². The number of sulfonamides is 1. The molecule has 0 bridgehead atoms. The van der Waals surface area contributed by atoms with Crippen molar-refractivity contribution in [2.45, 2.75) is 49.8 Å². The minimum absolute atomic E-state index is 0.0699. The van der Waals surface area contributed by atoms with Gasteiger partial charge in [0.15, 0.2) is 0 Å². The molecule has 8 heteroatoms. The van der Waals surface area contributed by atoms with Gasteiger partial charge < -0.3 is 15.0 Å². The summed E-state index contributed by atoms with van der Waals surface area (Å²) in [6, 6.07) is 6.51. The fraction of sp³-hybridized carbons (Fsp3) is 0.632. The highest BCUT2D eigenvalue weighted by Crippen LogP contribution is 2.22. The number of hydrogen-bond acceptors (Lipinski definition) is 5. The van der Waals surface area contributed by atoms with Crippen LogP contribution in [0.4, 0.5) is 0 Å². The van der Waals surface area contributed by atoms with Crippen LogP contribution in [0.2, 0.25) is 0 Å². The Morgan fingerprint density at radius 1 is 1.11 bits per heavy atom. The zero-order valence-corrected chi connectivity index (χ0v) is 17.0. The first-order valence-corrected chi connectivity index (χ1v) is 11.0. The van der Waals surface area contributed by atoms with Crippen molar-refractivity contribution in [3.63, 3.8) is 0 Å². The fourth-order valence-corrected chi connectivity index (χ4v) is 5.40. The van der Waals surface area contributed by atoms with Gasteiger partial charge in [-0.3, -0.25) is 4.79 Å². The maximum Gasteiger partial charge on any atom is 0.253 e. The largest absolute Gasteiger partial charge is 0.373 e. The van der Waals surface area contributed by atoms with Gasteiger partial charge in [-0.2, -0.15) is 4.31 Å². The summed E-state index contributed by atoms with van der Waals surface area (Å²) in [5, 5.41) is 3.29. The summed E-state index contributed by atoms with van der Waals surface area (Å²) in [7, 11) is -1.77. The fourth-order valence-electron chi connectivity index (χ4n) is 3.81. The van der Waals surface area contributed by atoms with E-state index in [9.17, 15) is 13.2 Å². The van der Waals surface area contributed by atoms with E-state index < -0.39 is 10.0 Å². The molecule has 0 radical (unpaired) electrons. The molecule has 1 amide bonds. The van der Waals surface area contributed by atoms with E-state index in [0.717, 1.165) is 25.9 Å². The lowest BCUT2D eigenvalue weighted by Crippen LogP contribution is -2.48. The summed E-state index contributed by atoms with van der Waals surface area (Å²) < 4.78 is 32.9. The molecule has 2 aliphatic rings. The van der Waals surface area contributed by atoms with Crippen molar-refractivity contribution in [2.75, 3.05) is 33.2 Å². The summed E-state index contributed by atoms with van der Waals surface area (Å²) in [6.45, 7) is 6.25. The van der Waals surface area contributed by atoms with Gasteiger partial charge in [0.05, 0.1) is 17.1 Å². The Morgan fingerprint density at radius 3 is 2.22 bits per heavy atom. The number of benzene rings is 1. The highest BCUT2D eigenvalue weighted by atomic mass is 32.2. The molecule has 2 atom stereocenters. The molecule has 1 aromatic rings. The lowest BCUT2D eigenvalue weighted by atomic mass is 10.0. The zero-order valence-electron chi connectivity index (χ0n) is 16.2. The van der Waals surface area contributed by atoms with Crippen LogP contribution in [0.15, 0.2) is 29.2 Å². The Bertz CT molecular complexity index is 750. The molecule has 1 N–H and O–H groups in total. The number of amides is 1. The molecule has 2 fully saturated rings. The van der Waals surface area contributed by atoms with Crippen molar-refractivity contribution in [3.8, 4) is 0 Å². The average molecular weight is 396 g/mol. The van der Waals surface area contributed by atoms with E-state index in [1.807, 2.05) is 20.9 Å². The third-order valence-corrected chi connectivity index (χ3v) is 7.15. The number of nitrogens with zero attached hydrogens (tertiary/aromatic N) is 2. The Labute approximate surface area is 161 Å². The molecule has 2 saturated heterocycles. The maximum absolute atomic E-state index is 12.9. The Balaban J connectivity index is 1.73. The van der Waals surface area contributed by atoms with Gasteiger partial charge in [0.2, 0.25) is 10.0 Å². The highest BCUT2D eigenvalue weighted by Gasteiger charge is 2.32. The van der Waals surface area contributed by atoms with Gasteiger partial charge >= 0.3 is 0 Å². The van der Waals surface area contributed by atoms with Crippen LogP contribution in [0.5, 0.6) is 0 Å². The molecule has 3 rings (SSSR count). The van der Waals surface area contributed by atoms with E-state index in [-0.39, 0.29) is 29.1 Å². The van der Waals surface area contributed by atoms with Crippen LogP contribution in [0.1, 0.15) is 37.0 Å². The van der Waals surface area contributed by atoms with E-state index in [2.05, 4.69) is 5.32 Å². The zero-order chi connectivity index (χ0) is 19.6. The topological polar surface area (TPSA) is 79.0 Å². The SMILES string of the molecule is CC1CN(S(=O)(=O)c2ccc(C(=O)N(C)C3CCNCC3)cc2)CC(C)O1. The van der Waals surface area contributed by atoms with Crippen LogP contribution in [0.25, 0.3) is 0 Å². The van der Waals surface area contributed by atoms with Gasteiger partial charge in [-0.05, 0) is 64.0 Å². The van der Waals surface area contributed by atoms with E-state index in [1.54, 1.807) is 17.0 Å². The van der Waals surface area contributed by atoms with Gasteiger partial charge in [0, 0.05) is 31.7 Å². The van der Waals surface area contributed by atoms with E-state index in [1.165, 1.54) is 16.4 Å². The number of carbonyl (C=O) groups excluding carboxylic acids is 1. The molecular formula is C19H29N3O4S. The normalized spacial score (nSPS) is 25.3. The number of ether oxygens (including phenoxy) is 1. The van der Waals surface area contributed by atoms with Gasteiger partial charge in [0.1, 0.15) is 0 Å². The number of hydrogen-bond donors (Lipinski definition) is 1. The number of nitrogens with one attached hydrogen (secondary N) is 1. The van der Waals surface area contributed by atoms with Crippen molar-refractivity contribution < 1.29 is 17.9 Å². The number of morpholine rings is 1. The number of carbonyl (C=O) groups is 1. The second kappa shape index (κ2) is 8.26. The van der Waals surface area contributed by atoms with Crippen molar-refractivity contribution >= 4 is 15.9 Å². The molecular weight excluding hydrogens is 366 g/mol. The van der Waals surface area contributed by atoms with Crippen LogP contribution >= 0.6 is 0 Å². The third kappa shape index (κ3) is 4.51. The maximum atomic E-state index is 12.9. The van der Waals surface area contributed by atoms with Crippen LogP contribution in [0.3, 0.4) is 0 Å². The summed E-state index contributed by atoms with van der Waals surface area (Å²) in [5.74, 6) is -0.0699. The van der Waals surface area contributed by atoms with Crippen LogP contribution < -0.4 is 5.32 Å². The standard InChI is InChI=1S/C19H29N3O4S/c1-14-12-22(13-15(2)26-14)27(24,25)18-6-4-16(5-7-18)19(23)21(3)17-8-10-20-11-9-17/h4-7,14-15,17,20H,8-13H2,1-3H3. The van der Waals surface area contributed by atoms with Gasteiger partial charge in [-0.1, -0.05) is 0 Å². The van der Waals surface area contributed by atoms with Crippen molar-refractivity contribution in [3.05, 3.63) is 29.8 Å². The molecule has 2 aliphatic heterocycles. The molecule has 1 aromatic carbocycles. The van der Waals surface area contributed by atoms with Gasteiger partial charge in [-0.15, -0.1) is 0 Å². The summed E-state index contributed by atoms with van der Waals surface area (Å²) in [6.07, 6.45) is 1.59. The molecule has 27 heavy (non-hydrogen) atoms. The van der Waals surface area contributed by atoms with Crippen LogP contribution in [-0.2, 0) is 14.8 Å². The molecule has 150 valence electrons. The van der Waals surface area contributed by atoms with E-state index in [0.29, 0.717) is 18.7 Å². The third-order valence-electron chi connectivity index (χ3n) is 5.30. The first-order chi connectivity index (χ1) is 12.8. The first kappa shape index (κ1) is 20.3. The number of piperidine rings is 1. The highest BCUT2D eigenvalue weighted by molar-refractivity contribution is 7.89. The van der Waals surface area contributed by atoms with Crippen LogP contribution in [0, 0.1) is 0 Å². The second-order valence-corrected chi connectivity index (χ2v) is 9.44. The first-order valence-electron chi connectivity index (χ1n) is 9.52. The molecule has 2 heterocycles. The Morgan fingerprint density at radius 2 is 1.67 bits per heavy atom. The lowest BCUT2D eigenvalue weighted by Gasteiger charge is -2.34. The van der Waals surface area contributed by atoms with E-state index in [4.69, 9.17) is 4.74 Å². The van der Waals surface area contributed by atoms with E-state index >= 15 is 0 Å². The summed E-state index contributed by atoms with van der Waals surface area (Å²) >= 11 is 0. The summed E-state index contributed by atoms with van der Waals surface area (Å²) in [5.41, 5.74) is 0.513. The molecule has 7 nitrogen and oxygen atoms in total. The van der Waals surface area contributed by atoms with Gasteiger partial charge in [-0.25, -0.2) is 8.42 Å². The van der Waals surface area contributed by atoms with Crippen molar-refractivity contribution in [1.29, 1.82) is 0 Å². The minimum Gasteiger partial charge on any atom is -0.373 e. The molecule has 0 spiro atoms. The molecule has 0 aliphatic carbocycles. The lowest BCUT2D eigenvalue weighted by molar-refractivity contribution is -0.0440. The van der Waals surface area contributed by atoms with Gasteiger partial charge in [0.25, 0.3) is 5.91 Å². The summed E-state index contributed by atoms with van der Waals surface area (Å²) in [4.78, 5) is 14.7. The predicted octanol–water partition coefficient (Wildman–Crippen LogP) is 1.31. The monoisotopic (exact) mass is 395 g/mol. The molecule has 0 saturated carbocycles. The Hall–Kier alpha value is -1.48. The van der Waals surface area contributed by atoms with Crippen LogP contribution in [-0.4, -0.2) is 75.0 Å². The minimum atomic E-state index is -3.59.